The van der Waals surface area contributed by atoms with Gasteiger partial charge in [-0.05, 0) is 44.9 Å². The zero-order chi connectivity index (χ0) is 54.6. The molecule has 2 rings (SSSR count). The molecule has 0 saturated carbocycles. The Bertz CT molecular complexity index is 1350. The Morgan fingerprint density at radius 2 is 0.880 bits per heavy atom. The molecule has 442 valence electrons. The fraction of sp³-hybridized carbons (Fsp3) is 0.918. The Labute approximate surface area is 456 Å². The molecule has 12 unspecified atom stereocenters. The molecule has 0 aliphatic carbocycles. The van der Waals surface area contributed by atoms with Crippen LogP contribution in [0.4, 0.5) is 0 Å². The minimum Gasteiger partial charge on any atom is -0.394 e. The number of ether oxygens (including phenoxy) is 4. The molecule has 12 atom stereocenters. The van der Waals surface area contributed by atoms with Gasteiger partial charge in [0.1, 0.15) is 48.8 Å². The average Bonchev–Trinajstić information content (AvgIpc) is 3.41. The minimum atomic E-state index is -1.78. The van der Waals surface area contributed by atoms with Gasteiger partial charge in [0, 0.05) is 6.42 Å². The first kappa shape index (κ1) is 69.6. The van der Waals surface area contributed by atoms with Crippen LogP contribution in [0.25, 0.3) is 0 Å². The van der Waals surface area contributed by atoms with E-state index in [1.807, 2.05) is 0 Å². The van der Waals surface area contributed by atoms with Crippen LogP contribution in [-0.2, 0) is 23.7 Å². The standard InChI is InChI=1S/C61H115NO13/c1-3-5-7-9-11-13-15-17-19-21-22-23-24-25-26-27-28-29-31-33-35-37-39-41-43-45-53(66)62-49(50(65)44-42-40-38-36-34-32-30-20-18-16-14-12-10-8-6-4-2)48-72-60-58(71)56(69)59(52(47-64)74-60)75-61-57(70)55(68)54(67)51(46-63)73-61/h15,17,21-22,49-52,54-61,63-65,67-71H,3-14,16,18-20,23-48H2,1-2H3,(H,62,66)/b17-15-,22-21-. The van der Waals surface area contributed by atoms with Crippen molar-refractivity contribution in [2.75, 3.05) is 19.8 Å². The Morgan fingerprint density at radius 1 is 0.480 bits per heavy atom. The second kappa shape index (κ2) is 47.3. The maximum absolute atomic E-state index is 13.3. The molecular formula is C61H115NO13. The van der Waals surface area contributed by atoms with Crippen LogP contribution in [0.5, 0.6) is 0 Å². The molecule has 0 aromatic rings. The van der Waals surface area contributed by atoms with Crippen molar-refractivity contribution in [3.05, 3.63) is 24.3 Å². The highest BCUT2D eigenvalue weighted by atomic mass is 16.7. The summed E-state index contributed by atoms with van der Waals surface area (Å²) >= 11 is 0. The molecule has 2 aliphatic heterocycles. The molecular weight excluding hydrogens is 955 g/mol. The summed E-state index contributed by atoms with van der Waals surface area (Å²) in [6, 6.07) is -0.827. The molecule has 2 heterocycles. The maximum atomic E-state index is 13.3. The number of rotatable bonds is 50. The second-order valence-electron chi connectivity index (χ2n) is 22.2. The lowest BCUT2D eigenvalue weighted by Crippen LogP contribution is -2.65. The minimum absolute atomic E-state index is 0.205. The van der Waals surface area contributed by atoms with Gasteiger partial charge in [0.2, 0.25) is 5.91 Å². The van der Waals surface area contributed by atoms with Crippen molar-refractivity contribution in [2.24, 2.45) is 0 Å². The third-order valence-electron chi connectivity index (χ3n) is 15.4. The zero-order valence-electron chi connectivity index (χ0n) is 47.6. The lowest BCUT2D eigenvalue weighted by Gasteiger charge is -2.46. The van der Waals surface area contributed by atoms with Crippen LogP contribution in [0.1, 0.15) is 264 Å². The second-order valence-corrected chi connectivity index (χ2v) is 22.2. The number of aliphatic hydroxyl groups excluding tert-OH is 8. The molecule has 75 heavy (non-hydrogen) atoms. The predicted octanol–water partition coefficient (Wildman–Crippen LogP) is 10.8. The molecule has 0 aromatic carbocycles. The van der Waals surface area contributed by atoms with Gasteiger partial charge in [-0.15, -0.1) is 0 Å². The summed E-state index contributed by atoms with van der Waals surface area (Å²) in [6.45, 7) is 2.87. The van der Waals surface area contributed by atoms with E-state index in [4.69, 9.17) is 18.9 Å². The van der Waals surface area contributed by atoms with E-state index < -0.39 is 86.8 Å². The molecule has 0 bridgehead atoms. The van der Waals surface area contributed by atoms with E-state index in [-0.39, 0.29) is 12.5 Å². The van der Waals surface area contributed by atoms with E-state index in [1.165, 1.54) is 180 Å². The Hall–Kier alpha value is -1.53. The van der Waals surface area contributed by atoms with Gasteiger partial charge in [-0.1, -0.05) is 237 Å². The van der Waals surface area contributed by atoms with Crippen molar-refractivity contribution < 1.29 is 64.6 Å². The fourth-order valence-corrected chi connectivity index (χ4v) is 10.4. The van der Waals surface area contributed by atoms with E-state index in [9.17, 15) is 45.6 Å². The van der Waals surface area contributed by atoms with Crippen molar-refractivity contribution in [3.63, 3.8) is 0 Å². The number of hydrogen-bond acceptors (Lipinski definition) is 13. The SMILES string of the molecule is CCCCCCC/C=C\C/C=C\CCCCCCCCCCCCCCCC(=O)NC(COC1OC(CO)C(OC2OC(CO)C(O)C(O)C2O)C(O)C1O)C(O)CCCCCCCCCCCCCCCCCC. The van der Waals surface area contributed by atoms with Gasteiger partial charge in [-0.25, -0.2) is 0 Å². The molecule has 1 amide bonds. The highest BCUT2D eigenvalue weighted by Crippen LogP contribution is 2.30. The van der Waals surface area contributed by atoms with E-state index in [1.54, 1.807) is 0 Å². The largest absolute Gasteiger partial charge is 0.394 e. The molecule has 2 saturated heterocycles. The molecule has 0 aromatic heterocycles. The number of hydrogen-bond donors (Lipinski definition) is 9. The van der Waals surface area contributed by atoms with Gasteiger partial charge in [0.05, 0.1) is 32.0 Å². The fourth-order valence-electron chi connectivity index (χ4n) is 10.4. The monoisotopic (exact) mass is 1070 g/mol. The van der Waals surface area contributed by atoms with Crippen LogP contribution in [0.2, 0.25) is 0 Å². The third kappa shape index (κ3) is 33.0. The van der Waals surface area contributed by atoms with Crippen molar-refractivity contribution in [3.8, 4) is 0 Å². The van der Waals surface area contributed by atoms with Crippen LogP contribution < -0.4 is 5.32 Å². The summed E-state index contributed by atoms with van der Waals surface area (Å²) in [4.78, 5) is 13.3. The Balaban J connectivity index is 1.71. The van der Waals surface area contributed by atoms with E-state index >= 15 is 0 Å². The van der Waals surface area contributed by atoms with Crippen LogP contribution in [0.15, 0.2) is 24.3 Å². The van der Waals surface area contributed by atoms with Crippen molar-refractivity contribution >= 4 is 5.91 Å². The number of amides is 1. The first-order chi connectivity index (χ1) is 36.6. The highest BCUT2D eigenvalue weighted by molar-refractivity contribution is 5.76. The molecule has 9 N–H and O–H groups in total. The smallest absolute Gasteiger partial charge is 0.220 e. The highest BCUT2D eigenvalue weighted by Gasteiger charge is 2.51. The van der Waals surface area contributed by atoms with Gasteiger partial charge in [0.25, 0.3) is 0 Å². The van der Waals surface area contributed by atoms with Gasteiger partial charge < -0.3 is 65.1 Å². The van der Waals surface area contributed by atoms with E-state index in [0.29, 0.717) is 12.8 Å². The molecule has 0 radical (unpaired) electrons. The average molecular weight is 1070 g/mol. The van der Waals surface area contributed by atoms with Gasteiger partial charge >= 0.3 is 0 Å². The number of aliphatic hydroxyl groups is 8. The molecule has 0 spiro atoms. The van der Waals surface area contributed by atoms with Crippen LogP contribution in [0, 0.1) is 0 Å². The summed E-state index contributed by atoms with van der Waals surface area (Å²) in [5.74, 6) is -0.205. The normalized spacial score (nSPS) is 25.1. The van der Waals surface area contributed by atoms with Crippen LogP contribution >= 0.6 is 0 Å². The molecule has 14 heteroatoms. The number of allylic oxidation sites excluding steroid dienone is 4. The molecule has 14 nitrogen and oxygen atoms in total. The van der Waals surface area contributed by atoms with Crippen molar-refractivity contribution in [1.29, 1.82) is 0 Å². The zero-order valence-corrected chi connectivity index (χ0v) is 47.6. The summed E-state index contributed by atoms with van der Waals surface area (Å²) in [5.41, 5.74) is 0. The third-order valence-corrected chi connectivity index (χ3v) is 15.4. The Kier molecular flexibility index (Phi) is 43.9. The lowest BCUT2D eigenvalue weighted by atomic mass is 9.97. The summed E-state index contributed by atoms with van der Waals surface area (Å²) in [5, 5.41) is 87.3. The topological polar surface area (TPSA) is 228 Å². The molecule has 2 aliphatic rings. The predicted molar refractivity (Wildman–Crippen MR) is 300 cm³/mol. The van der Waals surface area contributed by atoms with Crippen molar-refractivity contribution in [2.45, 2.75) is 338 Å². The van der Waals surface area contributed by atoms with Gasteiger partial charge in [0.15, 0.2) is 12.6 Å². The van der Waals surface area contributed by atoms with Crippen molar-refractivity contribution in [1.82, 2.24) is 5.32 Å². The number of carbonyl (C=O) groups is 1. The summed E-state index contributed by atoms with van der Waals surface area (Å²) in [7, 11) is 0. The van der Waals surface area contributed by atoms with Crippen LogP contribution in [-0.4, -0.2) is 140 Å². The number of nitrogens with one attached hydrogen (secondary N) is 1. The van der Waals surface area contributed by atoms with E-state index in [2.05, 4.69) is 43.5 Å². The summed E-state index contributed by atoms with van der Waals surface area (Å²) in [6.07, 6.45) is 38.9. The van der Waals surface area contributed by atoms with Gasteiger partial charge in [-0.2, -0.15) is 0 Å². The quantitative estimate of drug-likeness (QED) is 0.0204. The van der Waals surface area contributed by atoms with E-state index in [0.717, 1.165) is 57.8 Å². The lowest BCUT2D eigenvalue weighted by molar-refractivity contribution is -0.359. The number of carbonyl (C=O) groups excluding carboxylic acids is 1. The maximum Gasteiger partial charge on any atom is 0.220 e. The first-order valence-corrected chi connectivity index (χ1v) is 31.1. The van der Waals surface area contributed by atoms with Crippen LogP contribution in [0.3, 0.4) is 0 Å². The Morgan fingerprint density at radius 3 is 1.33 bits per heavy atom. The summed E-state index contributed by atoms with van der Waals surface area (Å²) < 4.78 is 22.9. The molecule has 2 fully saturated rings. The number of unbranched alkanes of at least 4 members (excludes halogenated alkanes) is 33. The first-order valence-electron chi connectivity index (χ1n) is 31.1. The van der Waals surface area contributed by atoms with Gasteiger partial charge in [-0.3, -0.25) is 4.79 Å².